The summed E-state index contributed by atoms with van der Waals surface area (Å²) in [5.41, 5.74) is 0.00653. The Kier molecular flexibility index (Phi) is 4.48. The van der Waals surface area contributed by atoms with E-state index >= 15 is 0 Å². The third-order valence-electron chi connectivity index (χ3n) is 2.84. The maximum atomic E-state index is 13.8. The molecule has 0 aliphatic heterocycles. The van der Waals surface area contributed by atoms with Crippen LogP contribution >= 0.6 is 23.2 Å². The molecule has 0 radical (unpaired) electrons. The molecule has 0 spiro atoms. The number of halogens is 4. The lowest BCUT2D eigenvalue weighted by Crippen LogP contribution is -2.04. The second-order valence-electron chi connectivity index (χ2n) is 4.08. The Bertz CT molecular complexity index is 647. The maximum absolute atomic E-state index is 13.8. The molecular formula is C14H10Cl2F2O2. The number of hydrogen-bond acceptors (Lipinski definition) is 2. The Balaban J connectivity index is 2.46. The van der Waals surface area contributed by atoms with Crippen molar-refractivity contribution < 1.29 is 18.6 Å². The van der Waals surface area contributed by atoms with Gasteiger partial charge in [-0.25, -0.2) is 8.78 Å². The van der Waals surface area contributed by atoms with Gasteiger partial charge in [-0.05, 0) is 24.3 Å². The number of hydrogen-bond donors (Lipinski definition) is 1. The summed E-state index contributed by atoms with van der Waals surface area (Å²) in [5, 5.41) is 10.00. The van der Waals surface area contributed by atoms with Crippen molar-refractivity contribution in [2.24, 2.45) is 0 Å². The van der Waals surface area contributed by atoms with Crippen molar-refractivity contribution in [1.29, 1.82) is 0 Å². The topological polar surface area (TPSA) is 29.5 Å². The summed E-state index contributed by atoms with van der Waals surface area (Å²) in [7, 11) is 1.47. The number of benzene rings is 2. The molecule has 20 heavy (non-hydrogen) atoms. The van der Waals surface area contributed by atoms with Crippen LogP contribution in [0, 0.1) is 11.6 Å². The Morgan fingerprint density at radius 3 is 2.30 bits per heavy atom. The molecule has 1 atom stereocenters. The lowest BCUT2D eigenvalue weighted by Gasteiger charge is -2.15. The van der Waals surface area contributed by atoms with Crippen LogP contribution in [0.25, 0.3) is 0 Å². The summed E-state index contributed by atoms with van der Waals surface area (Å²) in [5.74, 6) is -1.13. The largest absolute Gasteiger partial charge is 0.497 e. The number of methoxy groups -OCH3 is 1. The van der Waals surface area contributed by atoms with Gasteiger partial charge in [0.1, 0.15) is 23.5 Å². The lowest BCUT2D eigenvalue weighted by molar-refractivity contribution is 0.214. The van der Waals surface area contributed by atoms with Crippen LogP contribution in [0.4, 0.5) is 8.78 Å². The van der Waals surface area contributed by atoms with Crippen LogP contribution in [0.15, 0.2) is 30.3 Å². The van der Waals surface area contributed by atoms with E-state index in [1.807, 2.05) is 0 Å². The predicted octanol–water partition coefficient (Wildman–Crippen LogP) is 4.36. The van der Waals surface area contributed by atoms with Crippen molar-refractivity contribution >= 4 is 23.2 Å². The fourth-order valence-corrected chi connectivity index (χ4v) is 2.20. The Morgan fingerprint density at radius 1 is 1.00 bits per heavy atom. The standard InChI is InChI=1S/C14H10Cl2F2O2/c1-20-7-2-3-8(10(15)4-7)14(19)9-5-13(18)11(16)6-12(9)17/h2-6,14,19H,1H3. The third-order valence-corrected chi connectivity index (χ3v) is 3.45. The highest BCUT2D eigenvalue weighted by molar-refractivity contribution is 6.31. The van der Waals surface area contributed by atoms with Crippen molar-refractivity contribution in [3.63, 3.8) is 0 Å². The number of ether oxygens (including phenoxy) is 1. The molecule has 0 fully saturated rings. The summed E-state index contributed by atoms with van der Waals surface area (Å²) in [4.78, 5) is 0. The van der Waals surface area contributed by atoms with Gasteiger partial charge in [-0.3, -0.25) is 0 Å². The minimum Gasteiger partial charge on any atom is -0.497 e. The monoisotopic (exact) mass is 318 g/mol. The number of rotatable bonds is 3. The van der Waals surface area contributed by atoms with Gasteiger partial charge in [-0.15, -0.1) is 0 Å². The van der Waals surface area contributed by atoms with E-state index in [9.17, 15) is 13.9 Å². The van der Waals surface area contributed by atoms with Gasteiger partial charge in [-0.2, -0.15) is 0 Å². The molecule has 0 aromatic heterocycles. The molecule has 1 unspecified atom stereocenters. The Morgan fingerprint density at radius 2 is 1.70 bits per heavy atom. The van der Waals surface area contributed by atoms with Crippen molar-refractivity contribution in [2.75, 3.05) is 7.11 Å². The summed E-state index contributed by atoms with van der Waals surface area (Å²) >= 11 is 11.5. The highest BCUT2D eigenvalue weighted by Gasteiger charge is 2.20. The summed E-state index contributed by atoms with van der Waals surface area (Å²) in [6.07, 6.45) is -1.40. The minimum absolute atomic E-state index is 0.187. The molecule has 0 heterocycles. The van der Waals surface area contributed by atoms with Gasteiger partial charge in [-0.1, -0.05) is 29.3 Å². The molecule has 0 saturated heterocycles. The zero-order valence-corrected chi connectivity index (χ0v) is 11.8. The Hall–Kier alpha value is -1.36. The molecule has 106 valence electrons. The average Bonchev–Trinajstić information content (AvgIpc) is 2.42. The predicted molar refractivity (Wildman–Crippen MR) is 73.4 cm³/mol. The van der Waals surface area contributed by atoms with Crippen LogP contribution in [0.2, 0.25) is 10.0 Å². The normalized spacial score (nSPS) is 12.3. The first-order chi connectivity index (χ1) is 9.43. The second-order valence-corrected chi connectivity index (χ2v) is 4.89. The molecule has 2 aromatic rings. The average molecular weight is 319 g/mol. The van der Waals surface area contributed by atoms with Crippen LogP contribution in [0.1, 0.15) is 17.2 Å². The fourth-order valence-electron chi connectivity index (χ4n) is 1.77. The molecule has 2 rings (SSSR count). The van der Waals surface area contributed by atoms with E-state index in [-0.39, 0.29) is 21.2 Å². The molecule has 0 amide bonds. The second kappa shape index (κ2) is 5.95. The van der Waals surface area contributed by atoms with Crippen molar-refractivity contribution in [2.45, 2.75) is 6.10 Å². The van der Waals surface area contributed by atoms with Gasteiger partial charge in [0.2, 0.25) is 0 Å². The molecule has 2 aromatic carbocycles. The fraction of sp³-hybridized carbons (Fsp3) is 0.143. The van der Waals surface area contributed by atoms with E-state index in [0.717, 1.165) is 12.1 Å². The van der Waals surface area contributed by atoms with Gasteiger partial charge in [0.15, 0.2) is 0 Å². The minimum atomic E-state index is -1.40. The number of aliphatic hydroxyl groups is 1. The maximum Gasteiger partial charge on any atom is 0.142 e. The van der Waals surface area contributed by atoms with Crippen molar-refractivity contribution in [1.82, 2.24) is 0 Å². The molecule has 6 heteroatoms. The highest BCUT2D eigenvalue weighted by Crippen LogP contribution is 2.33. The van der Waals surface area contributed by atoms with Crippen LogP contribution in [-0.4, -0.2) is 12.2 Å². The first kappa shape index (κ1) is 15.0. The molecule has 0 aliphatic rings. The quantitative estimate of drug-likeness (QED) is 0.852. The van der Waals surface area contributed by atoms with Gasteiger partial charge in [0.05, 0.1) is 17.2 Å². The molecule has 1 N–H and O–H groups in total. The summed E-state index contributed by atoms with van der Waals surface area (Å²) in [6.45, 7) is 0. The smallest absolute Gasteiger partial charge is 0.142 e. The lowest BCUT2D eigenvalue weighted by atomic mass is 10.0. The van der Waals surface area contributed by atoms with E-state index in [2.05, 4.69) is 0 Å². The molecule has 2 nitrogen and oxygen atoms in total. The van der Waals surface area contributed by atoms with Gasteiger partial charge in [0.25, 0.3) is 0 Å². The van der Waals surface area contributed by atoms with E-state index in [1.165, 1.54) is 19.2 Å². The van der Waals surface area contributed by atoms with Crippen molar-refractivity contribution in [3.8, 4) is 5.75 Å². The van der Waals surface area contributed by atoms with E-state index in [1.54, 1.807) is 6.07 Å². The van der Waals surface area contributed by atoms with Crippen LogP contribution in [0.5, 0.6) is 5.75 Å². The molecule has 0 bridgehead atoms. The van der Waals surface area contributed by atoms with Crippen LogP contribution in [0.3, 0.4) is 0 Å². The van der Waals surface area contributed by atoms with Crippen LogP contribution < -0.4 is 4.74 Å². The first-order valence-electron chi connectivity index (χ1n) is 5.60. The molecule has 0 aliphatic carbocycles. The SMILES string of the molecule is COc1ccc(C(O)c2cc(F)c(Cl)cc2F)c(Cl)c1. The van der Waals surface area contributed by atoms with Crippen LogP contribution in [-0.2, 0) is 0 Å². The molecular weight excluding hydrogens is 309 g/mol. The zero-order valence-electron chi connectivity index (χ0n) is 10.3. The Labute approximate surface area is 124 Å². The van der Waals surface area contributed by atoms with E-state index < -0.39 is 17.7 Å². The van der Waals surface area contributed by atoms with Gasteiger partial charge in [0, 0.05) is 11.1 Å². The number of aliphatic hydroxyl groups excluding tert-OH is 1. The van der Waals surface area contributed by atoms with E-state index in [0.29, 0.717) is 5.75 Å². The highest BCUT2D eigenvalue weighted by atomic mass is 35.5. The van der Waals surface area contributed by atoms with Gasteiger partial charge >= 0.3 is 0 Å². The summed E-state index contributed by atoms with van der Waals surface area (Å²) in [6, 6.07) is 6.19. The summed E-state index contributed by atoms with van der Waals surface area (Å²) < 4.78 is 32.1. The van der Waals surface area contributed by atoms with Crippen molar-refractivity contribution in [3.05, 3.63) is 63.1 Å². The molecule has 0 saturated carbocycles. The van der Waals surface area contributed by atoms with E-state index in [4.69, 9.17) is 27.9 Å². The van der Waals surface area contributed by atoms with Gasteiger partial charge < -0.3 is 9.84 Å². The third kappa shape index (κ3) is 2.87. The first-order valence-corrected chi connectivity index (χ1v) is 6.35. The zero-order chi connectivity index (χ0) is 14.9.